The van der Waals surface area contributed by atoms with Crippen LogP contribution in [0.4, 0.5) is 5.69 Å². The fourth-order valence-electron chi connectivity index (χ4n) is 2.27. The molecule has 0 atom stereocenters. The van der Waals surface area contributed by atoms with Crippen LogP contribution in [-0.4, -0.2) is 30.5 Å². The van der Waals surface area contributed by atoms with Gasteiger partial charge in [0.25, 0.3) is 0 Å². The maximum Gasteiger partial charge on any atom is 0.224 e. The number of nitrogens with one attached hydrogen (secondary N) is 1. The number of aromatic hydroxyl groups is 1. The van der Waals surface area contributed by atoms with Crippen LogP contribution in [-0.2, 0) is 4.79 Å². The first-order valence-corrected chi connectivity index (χ1v) is 7.96. The standard InChI is InChI=1S/C19H21NO5/c1-3-25-15-7-4-13(5-8-15)16(21)9-11-19(23)20-14-6-10-18(24-2)17(22)12-14/h4-8,10,12,22H,3,9,11H2,1-2H3,(H,20,23). The zero-order valence-corrected chi connectivity index (χ0v) is 14.2. The maximum atomic E-state index is 12.1. The third-order valence-corrected chi connectivity index (χ3v) is 3.53. The summed E-state index contributed by atoms with van der Waals surface area (Å²) in [6.45, 7) is 2.45. The number of carbonyl (C=O) groups excluding carboxylic acids is 2. The number of methoxy groups -OCH3 is 1. The fourth-order valence-corrected chi connectivity index (χ4v) is 2.27. The van der Waals surface area contributed by atoms with Gasteiger partial charge in [-0.3, -0.25) is 9.59 Å². The first-order valence-electron chi connectivity index (χ1n) is 7.96. The molecule has 2 aromatic carbocycles. The Bertz CT molecular complexity index is 740. The van der Waals surface area contributed by atoms with Crippen molar-refractivity contribution in [2.75, 3.05) is 19.0 Å². The van der Waals surface area contributed by atoms with Crippen molar-refractivity contribution in [3.05, 3.63) is 48.0 Å². The third kappa shape index (κ3) is 5.24. The third-order valence-electron chi connectivity index (χ3n) is 3.53. The van der Waals surface area contributed by atoms with Gasteiger partial charge >= 0.3 is 0 Å². The summed E-state index contributed by atoms with van der Waals surface area (Å²) in [7, 11) is 1.44. The number of anilines is 1. The van der Waals surface area contributed by atoms with Crippen molar-refractivity contribution in [1.29, 1.82) is 0 Å². The number of ketones is 1. The quantitative estimate of drug-likeness (QED) is 0.718. The van der Waals surface area contributed by atoms with Crippen molar-refractivity contribution in [2.24, 2.45) is 0 Å². The van der Waals surface area contributed by atoms with Crippen LogP contribution in [0.15, 0.2) is 42.5 Å². The Morgan fingerprint density at radius 1 is 1.08 bits per heavy atom. The molecule has 0 heterocycles. The van der Waals surface area contributed by atoms with E-state index in [-0.39, 0.29) is 30.3 Å². The van der Waals surface area contributed by atoms with E-state index < -0.39 is 0 Å². The lowest BCUT2D eigenvalue weighted by Gasteiger charge is -2.08. The van der Waals surface area contributed by atoms with E-state index in [1.165, 1.54) is 13.2 Å². The molecule has 0 radical (unpaired) electrons. The van der Waals surface area contributed by atoms with Crippen LogP contribution < -0.4 is 14.8 Å². The van der Waals surface area contributed by atoms with Gasteiger partial charge in [-0.2, -0.15) is 0 Å². The molecule has 0 aliphatic carbocycles. The summed E-state index contributed by atoms with van der Waals surface area (Å²) in [6.07, 6.45) is 0.154. The minimum Gasteiger partial charge on any atom is -0.504 e. The Hall–Kier alpha value is -3.02. The predicted octanol–water partition coefficient (Wildman–Crippen LogP) is 3.40. The van der Waals surface area contributed by atoms with Gasteiger partial charge in [0.15, 0.2) is 17.3 Å². The number of ether oxygens (including phenoxy) is 2. The molecule has 0 aliphatic heterocycles. The fraction of sp³-hybridized carbons (Fsp3) is 0.263. The van der Waals surface area contributed by atoms with Gasteiger partial charge < -0.3 is 19.9 Å². The predicted molar refractivity (Wildman–Crippen MR) is 94.5 cm³/mol. The molecule has 6 heteroatoms. The van der Waals surface area contributed by atoms with Crippen molar-refractivity contribution < 1.29 is 24.2 Å². The molecule has 2 N–H and O–H groups in total. The van der Waals surface area contributed by atoms with Crippen molar-refractivity contribution in [1.82, 2.24) is 0 Å². The van der Waals surface area contributed by atoms with E-state index >= 15 is 0 Å². The molecular weight excluding hydrogens is 322 g/mol. The van der Waals surface area contributed by atoms with Crippen molar-refractivity contribution in [2.45, 2.75) is 19.8 Å². The second-order valence-electron chi connectivity index (χ2n) is 5.32. The molecule has 1 amide bonds. The molecule has 0 unspecified atom stereocenters. The van der Waals surface area contributed by atoms with E-state index in [9.17, 15) is 14.7 Å². The summed E-state index contributed by atoms with van der Waals surface area (Å²) in [5.74, 6) is 0.546. The Balaban J connectivity index is 1.86. The Morgan fingerprint density at radius 2 is 1.80 bits per heavy atom. The van der Waals surface area contributed by atoms with Crippen LogP contribution in [0.25, 0.3) is 0 Å². The molecule has 0 fully saturated rings. The second kappa shape index (κ2) is 8.73. The van der Waals surface area contributed by atoms with Gasteiger partial charge in [-0.1, -0.05) is 0 Å². The Labute approximate surface area is 146 Å². The molecule has 6 nitrogen and oxygen atoms in total. The van der Waals surface area contributed by atoms with Gasteiger partial charge in [-0.05, 0) is 43.3 Å². The van der Waals surface area contributed by atoms with Crippen LogP contribution in [0.2, 0.25) is 0 Å². The van der Waals surface area contributed by atoms with Gasteiger partial charge in [-0.15, -0.1) is 0 Å². The Kier molecular flexibility index (Phi) is 6.39. The van der Waals surface area contributed by atoms with Crippen LogP contribution >= 0.6 is 0 Å². The average molecular weight is 343 g/mol. The highest BCUT2D eigenvalue weighted by atomic mass is 16.5. The first-order chi connectivity index (χ1) is 12.0. The van der Waals surface area contributed by atoms with E-state index in [2.05, 4.69) is 5.32 Å². The number of rotatable bonds is 8. The molecule has 0 aliphatic rings. The maximum absolute atomic E-state index is 12.1. The molecule has 2 aromatic rings. The summed E-state index contributed by atoms with van der Waals surface area (Å²) in [4.78, 5) is 24.1. The van der Waals surface area contributed by atoms with Gasteiger partial charge in [0.1, 0.15) is 5.75 Å². The molecule has 0 saturated heterocycles. The summed E-state index contributed by atoms with van der Waals surface area (Å²) < 4.78 is 10.3. The zero-order valence-electron chi connectivity index (χ0n) is 14.2. The number of hydrogen-bond acceptors (Lipinski definition) is 5. The topological polar surface area (TPSA) is 84.9 Å². The normalized spacial score (nSPS) is 10.2. The van der Waals surface area contributed by atoms with Crippen LogP contribution in [0, 0.1) is 0 Å². The SMILES string of the molecule is CCOc1ccc(C(=O)CCC(=O)Nc2ccc(OC)c(O)c2)cc1. The molecule has 0 bridgehead atoms. The highest BCUT2D eigenvalue weighted by Crippen LogP contribution is 2.28. The smallest absolute Gasteiger partial charge is 0.224 e. The lowest BCUT2D eigenvalue weighted by atomic mass is 10.1. The van der Waals surface area contributed by atoms with Gasteiger partial charge in [0.05, 0.1) is 13.7 Å². The van der Waals surface area contributed by atoms with E-state index in [0.717, 1.165) is 0 Å². The van der Waals surface area contributed by atoms with Gasteiger partial charge in [0.2, 0.25) is 5.91 Å². The van der Waals surface area contributed by atoms with E-state index in [1.54, 1.807) is 36.4 Å². The molecule has 0 saturated carbocycles. The van der Waals surface area contributed by atoms with Crippen LogP contribution in [0.3, 0.4) is 0 Å². The van der Waals surface area contributed by atoms with E-state index in [1.807, 2.05) is 6.92 Å². The molecule has 25 heavy (non-hydrogen) atoms. The zero-order chi connectivity index (χ0) is 18.2. The summed E-state index contributed by atoms with van der Waals surface area (Å²) >= 11 is 0. The highest BCUT2D eigenvalue weighted by Gasteiger charge is 2.11. The lowest BCUT2D eigenvalue weighted by Crippen LogP contribution is -2.13. The number of amides is 1. The minimum atomic E-state index is -0.302. The van der Waals surface area contributed by atoms with Crippen LogP contribution in [0.5, 0.6) is 17.2 Å². The van der Waals surface area contributed by atoms with Crippen molar-refractivity contribution in [3.63, 3.8) is 0 Å². The molecule has 132 valence electrons. The van der Waals surface area contributed by atoms with Gasteiger partial charge in [-0.25, -0.2) is 0 Å². The van der Waals surface area contributed by atoms with Crippen LogP contribution in [0.1, 0.15) is 30.1 Å². The van der Waals surface area contributed by atoms with Crippen molar-refractivity contribution >= 4 is 17.4 Å². The largest absolute Gasteiger partial charge is 0.504 e. The summed E-state index contributed by atoms with van der Waals surface area (Å²) in [5.41, 5.74) is 0.982. The first kappa shape index (κ1) is 18.3. The number of phenols is 1. The Morgan fingerprint density at radius 3 is 2.40 bits per heavy atom. The average Bonchev–Trinajstić information content (AvgIpc) is 2.61. The summed E-state index contributed by atoms with van der Waals surface area (Å²) in [6, 6.07) is 11.4. The summed E-state index contributed by atoms with van der Waals surface area (Å²) in [5, 5.41) is 12.3. The lowest BCUT2D eigenvalue weighted by molar-refractivity contribution is -0.116. The molecule has 2 rings (SSSR count). The number of benzene rings is 2. The second-order valence-corrected chi connectivity index (χ2v) is 5.32. The highest BCUT2D eigenvalue weighted by molar-refractivity contribution is 6.00. The molecular formula is C19H21NO5. The molecule has 0 spiro atoms. The number of Topliss-reactive ketones (excluding diaryl/α,β-unsaturated/α-hetero) is 1. The van der Waals surface area contributed by atoms with E-state index in [4.69, 9.17) is 9.47 Å². The van der Waals surface area contributed by atoms with Gasteiger partial charge in [0, 0.05) is 30.2 Å². The van der Waals surface area contributed by atoms with Crippen molar-refractivity contribution in [3.8, 4) is 17.2 Å². The monoisotopic (exact) mass is 343 g/mol. The minimum absolute atomic E-state index is 0.0544. The molecule has 0 aromatic heterocycles. The number of hydrogen-bond donors (Lipinski definition) is 2. The number of phenolic OH excluding ortho intramolecular Hbond substituents is 1. The number of carbonyl (C=O) groups is 2. The van der Waals surface area contributed by atoms with E-state index in [0.29, 0.717) is 29.4 Å².